The molecule has 0 spiro atoms. The number of ether oxygens (including phenoxy) is 1. The third-order valence-corrected chi connectivity index (χ3v) is 3.78. The van der Waals surface area contributed by atoms with Crippen molar-refractivity contribution in [2.75, 3.05) is 13.2 Å². The highest BCUT2D eigenvalue weighted by Crippen LogP contribution is 2.18. The molecule has 1 aromatic carbocycles. The Hall–Kier alpha value is -2.63. The molecule has 0 saturated carbocycles. The summed E-state index contributed by atoms with van der Waals surface area (Å²) in [6.07, 6.45) is 3.76. The molecular formula is C18H22N2O4. The van der Waals surface area contributed by atoms with E-state index < -0.39 is 6.04 Å². The first-order chi connectivity index (χ1) is 11.6. The minimum atomic E-state index is -0.547. The molecular weight excluding hydrogens is 308 g/mol. The van der Waals surface area contributed by atoms with Crippen LogP contribution in [0.1, 0.15) is 25.3 Å². The van der Waals surface area contributed by atoms with Crippen LogP contribution < -0.4 is 5.32 Å². The van der Waals surface area contributed by atoms with Gasteiger partial charge in [-0.2, -0.15) is 0 Å². The van der Waals surface area contributed by atoms with E-state index in [1.807, 2.05) is 30.3 Å². The van der Waals surface area contributed by atoms with Crippen LogP contribution in [0.5, 0.6) is 0 Å². The van der Waals surface area contributed by atoms with Gasteiger partial charge in [-0.15, -0.1) is 0 Å². The number of esters is 1. The predicted octanol–water partition coefficient (Wildman–Crippen LogP) is 1.41. The monoisotopic (exact) mass is 330 g/mol. The van der Waals surface area contributed by atoms with E-state index >= 15 is 0 Å². The smallest absolute Gasteiger partial charge is 0.328 e. The van der Waals surface area contributed by atoms with Crippen molar-refractivity contribution in [1.29, 1.82) is 0 Å². The van der Waals surface area contributed by atoms with Crippen molar-refractivity contribution in [3.63, 3.8) is 0 Å². The number of amides is 2. The average molecular weight is 330 g/mol. The first-order valence-corrected chi connectivity index (χ1v) is 8.09. The fourth-order valence-corrected chi connectivity index (χ4v) is 2.60. The van der Waals surface area contributed by atoms with Crippen molar-refractivity contribution in [3.8, 4) is 0 Å². The number of likely N-dealkylation sites (tertiary alicyclic amines) is 1. The van der Waals surface area contributed by atoms with Crippen molar-refractivity contribution in [3.05, 3.63) is 48.0 Å². The number of carbonyl (C=O) groups is 3. The van der Waals surface area contributed by atoms with Crippen LogP contribution in [-0.2, 0) is 25.7 Å². The van der Waals surface area contributed by atoms with E-state index in [0.29, 0.717) is 19.5 Å². The molecule has 0 bridgehead atoms. The number of carbonyl (C=O) groups excluding carboxylic acids is 3. The summed E-state index contributed by atoms with van der Waals surface area (Å²) < 4.78 is 4.98. The molecule has 0 aliphatic carbocycles. The Morgan fingerprint density at radius 2 is 2.00 bits per heavy atom. The minimum absolute atomic E-state index is 0.287. The molecule has 0 aromatic heterocycles. The first-order valence-electron chi connectivity index (χ1n) is 8.09. The van der Waals surface area contributed by atoms with E-state index in [0.717, 1.165) is 12.0 Å². The Balaban J connectivity index is 1.85. The van der Waals surface area contributed by atoms with Crippen LogP contribution in [0.2, 0.25) is 0 Å². The topological polar surface area (TPSA) is 75.7 Å². The number of nitrogens with one attached hydrogen (secondary N) is 1. The molecule has 1 heterocycles. The lowest BCUT2D eigenvalue weighted by molar-refractivity contribution is -0.151. The van der Waals surface area contributed by atoms with Crippen LogP contribution in [0.3, 0.4) is 0 Å². The Morgan fingerprint density at radius 1 is 1.25 bits per heavy atom. The van der Waals surface area contributed by atoms with Crippen LogP contribution in [0.4, 0.5) is 0 Å². The maximum atomic E-state index is 12.2. The highest BCUT2D eigenvalue weighted by Gasteiger charge is 2.34. The second-order valence-electron chi connectivity index (χ2n) is 5.48. The molecule has 1 saturated heterocycles. The molecule has 1 unspecified atom stereocenters. The van der Waals surface area contributed by atoms with Gasteiger partial charge in [0.05, 0.1) is 6.61 Å². The predicted molar refractivity (Wildman–Crippen MR) is 88.8 cm³/mol. The fourth-order valence-electron chi connectivity index (χ4n) is 2.60. The summed E-state index contributed by atoms with van der Waals surface area (Å²) in [5.74, 6) is -1.08. The molecule has 1 aliphatic rings. The highest BCUT2D eigenvalue weighted by atomic mass is 16.5. The van der Waals surface area contributed by atoms with Gasteiger partial charge in [-0.3, -0.25) is 9.59 Å². The van der Waals surface area contributed by atoms with E-state index in [9.17, 15) is 14.4 Å². The van der Waals surface area contributed by atoms with E-state index in [2.05, 4.69) is 5.32 Å². The highest BCUT2D eigenvalue weighted by molar-refractivity contribution is 5.98. The summed E-state index contributed by atoms with van der Waals surface area (Å²) in [6, 6.07) is 8.95. The Kier molecular flexibility index (Phi) is 6.54. The molecule has 1 fully saturated rings. The lowest BCUT2D eigenvalue weighted by atomic mass is 10.2. The van der Waals surface area contributed by atoms with Gasteiger partial charge in [0.25, 0.3) is 0 Å². The Labute approximate surface area is 141 Å². The maximum Gasteiger partial charge on any atom is 0.328 e. The third kappa shape index (κ3) is 4.94. The van der Waals surface area contributed by atoms with Gasteiger partial charge in [-0.25, -0.2) is 4.79 Å². The lowest BCUT2D eigenvalue weighted by Crippen LogP contribution is -2.40. The normalized spacial score (nSPS) is 17.0. The molecule has 2 rings (SSSR count). The lowest BCUT2D eigenvalue weighted by Gasteiger charge is -2.21. The van der Waals surface area contributed by atoms with Gasteiger partial charge in [0.15, 0.2) is 0 Å². The van der Waals surface area contributed by atoms with E-state index in [-0.39, 0.29) is 24.4 Å². The quantitative estimate of drug-likeness (QED) is 0.632. The number of benzene rings is 1. The Morgan fingerprint density at radius 3 is 2.71 bits per heavy atom. The van der Waals surface area contributed by atoms with Crippen molar-refractivity contribution < 1.29 is 19.1 Å². The molecule has 2 amide bonds. The maximum absolute atomic E-state index is 12.2. The van der Waals surface area contributed by atoms with Crippen molar-refractivity contribution in [2.45, 2.75) is 32.4 Å². The molecule has 1 aliphatic heterocycles. The van der Waals surface area contributed by atoms with Gasteiger partial charge >= 0.3 is 5.97 Å². The van der Waals surface area contributed by atoms with Crippen LogP contribution in [-0.4, -0.2) is 41.9 Å². The van der Waals surface area contributed by atoms with Gasteiger partial charge in [-0.1, -0.05) is 30.3 Å². The SMILES string of the molecule is CCOC(=O)C1CCCN1C(=O)/C=C/C(=O)NCc1ccccc1. The van der Waals surface area contributed by atoms with Crippen molar-refractivity contribution >= 4 is 17.8 Å². The van der Waals surface area contributed by atoms with E-state index in [4.69, 9.17) is 4.74 Å². The van der Waals surface area contributed by atoms with E-state index in [1.165, 1.54) is 17.1 Å². The number of rotatable bonds is 6. The number of hydrogen-bond donors (Lipinski definition) is 1. The molecule has 24 heavy (non-hydrogen) atoms. The number of nitrogens with zero attached hydrogens (tertiary/aromatic N) is 1. The van der Waals surface area contributed by atoms with Gasteiger partial charge in [0, 0.05) is 25.2 Å². The summed E-state index contributed by atoms with van der Waals surface area (Å²) in [6.45, 7) is 2.91. The van der Waals surface area contributed by atoms with Gasteiger partial charge < -0.3 is 15.0 Å². The summed E-state index contributed by atoms with van der Waals surface area (Å²) in [5.41, 5.74) is 0.979. The van der Waals surface area contributed by atoms with Gasteiger partial charge in [0.2, 0.25) is 11.8 Å². The average Bonchev–Trinajstić information content (AvgIpc) is 3.09. The van der Waals surface area contributed by atoms with Crippen LogP contribution in [0.25, 0.3) is 0 Å². The summed E-state index contributed by atoms with van der Waals surface area (Å²) in [5, 5.41) is 2.71. The van der Waals surface area contributed by atoms with Crippen LogP contribution in [0, 0.1) is 0 Å². The largest absolute Gasteiger partial charge is 0.464 e. The minimum Gasteiger partial charge on any atom is -0.464 e. The Bertz CT molecular complexity index is 613. The van der Waals surface area contributed by atoms with Crippen molar-refractivity contribution in [2.24, 2.45) is 0 Å². The second-order valence-corrected chi connectivity index (χ2v) is 5.48. The summed E-state index contributed by atoms with van der Waals surface area (Å²) >= 11 is 0. The molecule has 6 nitrogen and oxygen atoms in total. The zero-order valence-corrected chi connectivity index (χ0v) is 13.7. The molecule has 1 atom stereocenters. The van der Waals surface area contributed by atoms with E-state index in [1.54, 1.807) is 6.92 Å². The third-order valence-electron chi connectivity index (χ3n) is 3.78. The molecule has 1 N–H and O–H groups in total. The van der Waals surface area contributed by atoms with Crippen LogP contribution in [0.15, 0.2) is 42.5 Å². The van der Waals surface area contributed by atoms with Crippen molar-refractivity contribution in [1.82, 2.24) is 10.2 Å². The summed E-state index contributed by atoms with van der Waals surface area (Å²) in [7, 11) is 0. The zero-order chi connectivity index (χ0) is 17.4. The second kappa shape index (κ2) is 8.86. The molecule has 128 valence electrons. The van der Waals surface area contributed by atoms with Gasteiger partial charge in [-0.05, 0) is 25.3 Å². The van der Waals surface area contributed by atoms with Crippen LogP contribution >= 0.6 is 0 Å². The number of hydrogen-bond acceptors (Lipinski definition) is 4. The molecule has 6 heteroatoms. The first kappa shape index (κ1) is 17.7. The summed E-state index contributed by atoms with van der Waals surface area (Å²) in [4.78, 5) is 37.3. The zero-order valence-electron chi connectivity index (χ0n) is 13.7. The fraction of sp³-hybridized carbons (Fsp3) is 0.389. The standard InChI is InChI=1S/C18H22N2O4/c1-2-24-18(23)15-9-6-12-20(15)17(22)11-10-16(21)19-13-14-7-4-3-5-8-14/h3-5,7-8,10-11,15H,2,6,9,12-13H2,1H3,(H,19,21)/b11-10+. The van der Waals surface area contributed by atoms with Gasteiger partial charge in [0.1, 0.15) is 6.04 Å². The molecule has 1 aromatic rings. The molecule has 0 radical (unpaired) electrons.